The molecular formula is C16H23N3OS. The Labute approximate surface area is 130 Å². The lowest BCUT2D eigenvalue weighted by Gasteiger charge is -2.11. The first-order chi connectivity index (χ1) is 10.4. The molecular weight excluding hydrogens is 282 g/mol. The molecule has 2 N–H and O–H groups in total. The summed E-state index contributed by atoms with van der Waals surface area (Å²) >= 11 is 1.74. The minimum atomic E-state index is 0.722. The van der Waals surface area contributed by atoms with E-state index in [1.807, 2.05) is 12.1 Å². The Hall–Kier alpha value is -1.75. The topological polar surface area (TPSA) is 49.6 Å². The number of guanidine groups is 1. The number of hydrogen-bond donors (Lipinski definition) is 2. The van der Waals surface area contributed by atoms with E-state index in [-0.39, 0.29) is 0 Å². The van der Waals surface area contributed by atoms with Gasteiger partial charge in [0.15, 0.2) is 5.96 Å². The molecule has 0 bridgehead atoms. The number of nitrogens with zero attached hydrogens (tertiary/aromatic N) is 1. The molecule has 21 heavy (non-hydrogen) atoms. The second kappa shape index (κ2) is 9.23. The monoisotopic (exact) mass is 305 g/mol. The minimum Gasteiger partial charge on any atom is -0.469 e. The van der Waals surface area contributed by atoms with Gasteiger partial charge in [0.2, 0.25) is 0 Å². The molecule has 0 atom stereocenters. The summed E-state index contributed by atoms with van der Waals surface area (Å²) in [5, 5.41) is 8.82. The summed E-state index contributed by atoms with van der Waals surface area (Å²) in [7, 11) is 0. The molecule has 114 valence electrons. The van der Waals surface area contributed by atoms with Gasteiger partial charge >= 0.3 is 0 Å². The zero-order chi connectivity index (χ0) is 14.8. The van der Waals surface area contributed by atoms with Crippen LogP contribution in [0.3, 0.4) is 0 Å². The van der Waals surface area contributed by atoms with Crippen molar-refractivity contribution in [3.63, 3.8) is 0 Å². The molecule has 0 fully saturated rings. The molecule has 2 aromatic rings. The van der Waals surface area contributed by atoms with Crippen molar-refractivity contribution in [3.05, 3.63) is 46.5 Å². The standard InChI is InChI=1S/C16H23N3OS/c1-2-3-9-17-16(19-13-15-7-5-12-21-15)18-10-8-14-6-4-11-20-14/h4-7,11-12H,2-3,8-10,13H2,1H3,(H2,17,18,19). The fraction of sp³-hybridized carbons (Fsp3) is 0.438. The lowest BCUT2D eigenvalue weighted by atomic mass is 10.3. The average Bonchev–Trinajstić information content (AvgIpc) is 3.18. The summed E-state index contributed by atoms with van der Waals surface area (Å²) in [5.41, 5.74) is 0. The van der Waals surface area contributed by atoms with Crippen LogP contribution in [0.1, 0.15) is 30.4 Å². The Balaban J connectivity index is 1.80. The molecule has 0 spiro atoms. The Morgan fingerprint density at radius 1 is 1.24 bits per heavy atom. The average molecular weight is 305 g/mol. The minimum absolute atomic E-state index is 0.722. The van der Waals surface area contributed by atoms with E-state index in [2.05, 4.69) is 40.1 Å². The van der Waals surface area contributed by atoms with Crippen LogP contribution in [-0.4, -0.2) is 19.0 Å². The normalized spacial score (nSPS) is 11.6. The third-order valence-corrected chi connectivity index (χ3v) is 3.90. The molecule has 0 aliphatic rings. The highest BCUT2D eigenvalue weighted by Gasteiger charge is 2.00. The zero-order valence-corrected chi connectivity index (χ0v) is 13.3. The van der Waals surface area contributed by atoms with E-state index in [1.54, 1.807) is 17.6 Å². The van der Waals surface area contributed by atoms with E-state index >= 15 is 0 Å². The number of hydrogen-bond acceptors (Lipinski definition) is 3. The summed E-state index contributed by atoms with van der Waals surface area (Å²) in [6, 6.07) is 8.08. The number of nitrogens with one attached hydrogen (secondary N) is 2. The maximum Gasteiger partial charge on any atom is 0.191 e. The van der Waals surface area contributed by atoms with Crippen molar-refractivity contribution < 1.29 is 4.42 Å². The van der Waals surface area contributed by atoms with Crippen LogP contribution in [0.25, 0.3) is 0 Å². The largest absolute Gasteiger partial charge is 0.469 e. The molecule has 0 amide bonds. The molecule has 2 heterocycles. The van der Waals surface area contributed by atoms with Crippen molar-refractivity contribution in [1.29, 1.82) is 0 Å². The van der Waals surface area contributed by atoms with Gasteiger partial charge in [-0.1, -0.05) is 19.4 Å². The zero-order valence-electron chi connectivity index (χ0n) is 12.5. The van der Waals surface area contributed by atoms with E-state index in [4.69, 9.17) is 4.42 Å². The maximum absolute atomic E-state index is 5.33. The maximum atomic E-state index is 5.33. The van der Waals surface area contributed by atoms with Crippen molar-refractivity contribution in [2.45, 2.75) is 32.7 Å². The van der Waals surface area contributed by atoms with Gasteiger partial charge in [0.1, 0.15) is 5.76 Å². The smallest absolute Gasteiger partial charge is 0.191 e. The highest BCUT2D eigenvalue weighted by atomic mass is 32.1. The van der Waals surface area contributed by atoms with Crippen LogP contribution in [0.5, 0.6) is 0 Å². The van der Waals surface area contributed by atoms with Crippen LogP contribution in [0.2, 0.25) is 0 Å². The van der Waals surface area contributed by atoms with Crippen LogP contribution in [0.4, 0.5) is 0 Å². The SMILES string of the molecule is CCCCNC(=NCc1cccs1)NCCc1ccco1. The summed E-state index contributed by atoms with van der Waals surface area (Å²) in [4.78, 5) is 5.91. The molecule has 0 aliphatic carbocycles. The van der Waals surface area contributed by atoms with Gasteiger partial charge in [0.25, 0.3) is 0 Å². The molecule has 2 rings (SSSR count). The molecule has 0 saturated heterocycles. The molecule has 4 nitrogen and oxygen atoms in total. The van der Waals surface area contributed by atoms with E-state index in [9.17, 15) is 0 Å². The Bertz CT molecular complexity index is 506. The molecule has 2 aromatic heterocycles. The quantitative estimate of drug-likeness (QED) is 0.446. The fourth-order valence-corrected chi connectivity index (χ4v) is 2.50. The van der Waals surface area contributed by atoms with Gasteiger partial charge in [-0.3, -0.25) is 0 Å². The van der Waals surface area contributed by atoms with Crippen molar-refractivity contribution >= 4 is 17.3 Å². The van der Waals surface area contributed by atoms with Gasteiger partial charge in [-0.25, -0.2) is 4.99 Å². The second-order valence-electron chi connectivity index (χ2n) is 4.78. The van der Waals surface area contributed by atoms with E-state index < -0.39 is 0 Å². The van der Waals surface area contributed by atoms with E-state index in [1.165, 1.54) is 11.3 Å². The second-order valence-corrected chi connectivity index (χ2v) is 5.81. The fourth-order valence-electron chi connectivity index (χ4n) is 1.88. The summed E-state index contributed by atoms with van der Waals surface area (Å²) < 4.78 is 5.33. The summed E-state index contributed by atoms with van der Waals surface area (Å²) in [5.74, 6) is 1.87. The third kappa shape index (κ3) is 6.04. The number of aliphatic imine (C=N–C) groups is 1. The molecule has 0 aliphatic heterocycles. The van der Waals surface area contributed by atoms with Gasteiger partial charge in [-0.15, -0.1) is 11.3 Å². The Morgan fingerprint density at radius 2 is 2.14 bits per heavy atom. The van der Waals surface area contributed by atoms with Gasteiger partial charge in [0.05, 0.1) is 12.8 Å². The first kappa shape index (κ1) is 15.6. The van der Waals surface area contributed by atoms with Gasteiger partial charge in [0, 0.05) is 24.4 Å². The molecule has 0 saturated carbocycles. The van der Waals surface area contributed by atoms with Crippen molar-refractivity contribution in [2.75, 3.05) is 13.1 Å². The summed E-state index contributed by atoms with van der Waals surface area (Å²) in [6.07, 6.45) is 4.90. The number of furan rings is 1. The van der Waals surface area contributed by atoms with Gasteiger partial charge < -0.3 is 15.1 Å². The van der Waals surface area contributed by atoms with Crippen molar-refractivity contribution in [3.8, 4) is 0 Å². The van der Waals surface area contributed by atoms with Crippen LogP contribution in [0.15, 0.2) is 45.3 Å². The molecule has 5 heteroatoms. The van der Waals surface area contributed by atoms with Crippen LogP contribution >= 0.6 is 11.3 Å². The highest BCUT2D eigenvalue weighted by Crippen LogP contribution is 2.09. The molecule has 0 unspecified atom stereocenters. The van der Waals surface area contributed by atoms with Crippen LogP contribution in [-0.2, 0) is 13.0 Å². The third-order valence-electron chi connectivity index (χ3n) is 3.04. The predicted molar refractivity (Wildman–Crippen MR) is 88.8 cm³/mol. The number of rotatable bonds is 8. The summed E-state index contributed by atoms with van der Waals surface area (Å²) in [6.45, 7) is 4.68. The number of thiophene rings is 1. The van der Waals surface area contributed by atoms with Crippen LogP contribution < -0.4 is 10.6 Å². The van der Waals surface area contributed by atoms with Gasteiger partial charge in [-0.05, 0) is 30.0 Å². The highest BCUT2D eigenvalue weighted by molar-refractivity contribution is 7.09. The molecule has 0 aromatic carbocycles. The lowest BCUT2D eigenvalue weighted by Crippen LogP contribution is -2.38. The van der Waals surface area contributed by atoms with Crippen LogP contribution in [0, 0.1) is 0 Å². The van der Waals surface area contributed by atoms with Crippen molar-refractivity contribution in [2.24, 2.45) is 4.99 Å². The van der Waals surface area contributed by atoms with E-state index in [0.29, 0.717) is 0 Å². The first-order valence-corrected chi connectivity index (χ1v) is 8.33. The predicted octanol–water partition coefficient (Wildman–Crippen LogP) is 3.42. The lowest BCUT2D eigenvalue weighted by molar-refractivity contribution is 0.506. The van der Waals surface area contributed by atoms with Crippen molar-refractivity contribution in [1.82, 2.24) is 10.6 Å². The Morgan fingerprint density at radius 3 is 2.86 bits per heavy atom. The number of unbranched alkanes of at least 4 members (excludes halogenated alkanes) is 1. The van der Waals surface area contributed by atoms with Gasteiger partial charge in [-0.2, -0.15) is 0 Å². The molecule has 0 radical (unpaired) electrons. The van der Waals surface area contributed by atoms with E-state index in [0.717, 1.165) is 44.2 Å². The Kier molecular flexibility index (Phi) is 6.88. The first-order valence-electron chi connectivity index (χ1n) is 7.45.